The van der Waals surface area contributed by atoms with Crippen molar-refractivity contribution in [2.75, 3.05) is 32.8 Å². The first-order valence-electron chi connectivity index (χ1n) is 34.0. The van der Waals surface area contributed by atoms with Gasteiger partial charge in [-0.15, -0.1) is 0 Å². The van der Waals surface area contributed by atoms with Gasteiger partial charge in [-0.3, -0.25) is 76.7 Å². The third-order valence-electron chi connectivity index (χ3n) is 17.4. The number of likely N-dealkylation sites (tertiary alicyclic amines) is 2. The van der Waals surface area contributed by atoms with Crippen molar-refractivity contribution in [2.24, 2.45) is 22.9 Å². The fraction of sp³-hybridized carbons (Fsp3) is 0.545. The Kier molecular flexibility index (Phi) is 33.3. The standard InChI is InChI=1S/C66H94N16O22/c1-34(56(94)73-41(55(70)93)13-5-7-25-68)72-62(100)48(33-83)80-64(102)50-15-9-26-81(50)65(103)46(29-36-32-71-40-12-3-2-10-38(36)40)78-59(97)43(21-23-52(87)88)75-60(98)44(28-35-16-18-37(84)19-17-35)76-61(99)45(30-53(89)90)77-63(101)49-14-8-27-82(49)66(104)47(31-54(91)92)79-58(96)42(20-22-51(85)86)74-57(95)39(69)11-4-6-24-67/h2-3,10,12,16-19,32,34,39,41-50,71,83-84H,4-9,11,13-15,20-31,33,67-69H2,1H3,(H2,70,93)(H,72,100)(H,73,94)(H,74,95)(H,75,98)(H,76,99)(H,77,101)(H,78,97)(H,79,96)(H,80,102)(H,85,86)(H,87,88)(H,89,90)(H,91,92)/t34-,39-,41-,42-,43-,44-,45-,46-,47-,48-,49-,50-/m0/s1. The molecule has 2 aromatic carbocycles. The molecule has 2 aliphatic rings. The summed E-state index contributed by atoms with van der Waals surface area (Å²) in [5.41, 5.74) is 23.8. The molecule has 2 saturated heterocycles. The number of carboxylic acids is 4. The summed E-state index contributed by atoms with van der Waals surface area (Å²) in [6.07, 6.45) is -1.96. The maximum atomic E-state index is 15.1. The number of hydrogen-bond donors (Lipinski definition) is 20. The van der Waals surface area contributed by atoms with E-state index in [-0.39, 0.29) is 69.3 Å². The Labute approximate surface area is 596 Å². The minimum absolute atomic E-state index is 0.00219. The fourth-order valence-corrected chi connectivity index (χ4v) is 11.8. The van der Waals surface area contributed by atoms with E-state index >= 15 is 4.79 Å². The zero-order chi connectivity index (χ0) is 76.9. The van der Waals surface area contributed by atoms with Gasteiger partial charge in [0.25, 0.3) is 0 Å². The second-order valence-corrected chi connectivity index (χ2v) is 25.4. The number of para-hydroxylation sites is 1. The molecule has 38 nitrogen and oxygen atoms in total. The van der Waals surface area contributed by atoms with Crippen molar-refractivity contribution in [3.8, 4) is 5.75 Å². The van der Waals surface area contributed by atoms with E-state index in [2.05, 4.69) is 52.8 Å². The van der Waals surface area contributed by atoms with Crippen LogP contribution in [0, 0.1) is 0 Å². The Bertz CT molecular complexity index is 3570. The minimum atomic E-state index is -2.09. The number of rotatable bonds is 44. The molecular formula is C66H94N16O22. The smallest absolute Gasteiger partial charge is 0.305 e. The second-order valence-electron chi connectivity index (χ2n) is 25.4. The summed E-state index contributed by atoms with van der Waals surface area (Å²) in [6.45, 7) is 0.546. The monoisotopic (exact) mass is 1460 g/mol. The van der Waals surface area contributed by atoms with Crippen LogP contribution in [-0.2, 0) is 89.6 Å². The molecule has 3 aromatic rings. The number of carboxylic acid groups (broad SMARTS) is 4. The van der Waals surface area contributed by atoms with Gasteiger partial charge in [0.05, 0.1) is 25.5 Å². The highest BCUT2D eigenvalue weighted by atomic mass is 16.4. The highest BCUT2D eigenvalue weighted by Crippen LogP contribution is 2.25. The van der Waals surface area contributed by atoms with Crippen molar-refractivity contribution in [1.29, 1.82) is 0 Å². The van der Waals surface area contributed by atoms with Gasteiger partial charge in [0.1, 0.15) is 72.2 Å². The number of fused-ring (bicyclic) bond motifs is 1. The average Bonchev–Trinajstić information content (AvgIpc) is 1.61. The first-order valence-corrected chi connectivity index (χ1v) is 34.0. The Morgan fingerprint density at radius 2 is 0.962 bits per heavy atom. The van der Waals surface area contributed by atoms with E-state index in [0.29, 0.717) is 55.2 Å². The molecule has 5 rings (SSSR count). The summed E-state index contributed by atoms with van der Waals surface area (Å²) in [5.74, 6) is -19.0. The zero-order valence-corrected chi connectivity index (χ0v) is 57.3. The summed E-state index contributed by atoms with van der Waals surface area (Å²) in [6, 6.07) is -7.33. The molecular weight excluding hydrogens is 1370 g/mol. The number of aliphatic hydroxyl groups excluding tert-OH is 1. The molecule has 104 heavy (non-hydrogen) atoms. The summed E-state index contributed by atoms with van der Waals surface area (Å²) in [4.78, 5) is 221. The number of carbonyl (C=O) groups is 16. The van der Waals surface area contributed by atoms with E-state index in [9.17, 15) is 103 Å². The number of hydrogen-bond acceptors (Lipinski definition) is 21. The predicted molar refractivity (Wildman–Crippen MR) is 365 cm³/mol. The summed E-state index contributed by atoms with van der Waals surface area (Å²) in [5, 5.41) is 81.8. The lowest BCUT2D eigenvalue weighted by Crippen LogP contribution is -2.61. The number of phenolic OH excluding ortho intramolecular Hbond substituents is 1. The summed E-state index contributed by atoms with van der Waals surface area (Å²) >= 11 is 0. The van der Waals surface area contributed by atoms with Gasteiger partial charge in [0, 0.05) is 55.9 Å². The first kappa shape index (κ1) is 83.8. The number of aromatic hydroxyl groups is 1. The van der Waals surface area contributed by atoms with Crippen LogP contribution in [0.25, 0.3) is 10.9 Å². The SMILES string of the molecule is C[C@H](NC(=O)[C@H](CO)NC(=O)[C@@H]1CCCN1C(=O)[C@H](Cc1c[nH]c2ccccc12)NC(=O)[C@H](CCC(=O)O)NC(=O)[C@H](Cc1ccc(O)cc1)NC(=O)[C@H](CC(=O)O)NC(=O)[C@@H]1CCCN1C(=O)[C@H](CC(=O)O)NC(=O)[C@H](CCC(=O)O)NC(=O)[C@@H](N)CCCCN)C(=O)N[C@@H](CCCCN)C(N)=O. The number of nitrogens with two attached hydrogens (primary N) is 4. The van der Waals surface area contributed by atoms with Crippen LogP contribution in [0.15, 0.2) is 54.7 Å². The quantitative estimate of drug-likeness (QED) is 0.0235. The summed E-state index contributed by atoms with van der Waals surface area (Å²) < 4.78 is 0. The number of nitrogens with one attached hydrogen (secondary N) is 10. The largest absolute Gasteiger partial charge is 0.508 e. The second kappa shape index (κ2) is 41.3. The van der Waals surface area contributed by atoms with Crippen LogP contribution in [0.3, 0.4) is 0 Å². The maximum absolute atomic E-state index is 15.1. The van der Waals surface area contributed by atoms with Gasteiger partial charge in [-0.2, -0.15) is 0 Å². The Morgan fingerprint density at radius 1 is 0.500 bits per heavy atom. The number of aromatic amines is 1. The molecule has 12 atom stereocenters. The van der Waals surface area contributed by atoms with Crippen LogP contribution in [0.2, 0.25) is 0 Å². The van der Waals surface area contributed by atoms with Crippen molar-refractivity contribution in [3.63, 3.8) is 0 Å². The van der Waals surface area contributed by atoms with Crippen LogP contribution < -0.4 is 70.8 Å². The molecule has 38 heteroatoms. The predicted octanol–water partition coefficient (Wildman–Crippen LogP) is -5.23. The number of phenols is 1. The Hall–Kier alpha value is -10.9. The molecule has 2 fully saturated rings. The third-order valence-corrected chi connectivity index (χ3v) is 17.4. The molecule has 0 saturated carbocycles. The van der Waals surface area contributed by atoms with Crippen molar-refractivity contribution < 1.29 is 107 Å². The van der Waals surface area contributed by atoms with Gasteiger partial charge in [-0.1, -0.05) is 36.8 Å². The normalized spacial score (nSPS) is 17.0. The highest BCUT2D eigenvalue weighted by Gasteiger charge is 2.43. The molecule has 1 aromatic heterocycles. The average molecular weight is 1460 g/mol. The molecule has 0 aliphatic carbocycles. The van der Waals surface area contributed by atoms with Gasteiger partial charge >= 0.3 is 23.9 Å². The van der Waals surface area contributed by atoms with Crippen LogP contribution in [0.5, 0.6) is 5.75 Å². The van der Waals surface area contributed by atoms with E-state index in [1.165, 1.54) is 31.2 Å². The van der Waals surface area contributed by atoms with Crippen molar-refractivity contribution >= 4 is 106 Å². The molecule has 0 radical (unpaired) electrons. The molecule has 2 aliphatic heterocycles. The molecule has 0 bridgehead atoms. The van der Waals surface area contributed by atoms with Crippen molar-refractivity contribution in [2.45, 2.75) is 195 Å². The van der Waals surface area contributed by atoms with Crippen molar-refractivity contribution in [3.05, 3.63) is 65.9 Å². The molecule has 12 amide bonds. The molecule has 0 spiro atoms. The highest BCUT2D eigenvalue weighted by molar-refractivity contribution is 6.01. The number of aromatic nitrogens is 1. The third kappa shape index (κ3) is 25.9. The zero-order valence-electron chi connectivity index (χ0n) is 57.3. The minimum Gasteiger partial charge on any atom is -0.508 e. The lowest BCUT2D eigenvalue weighted by molar-refractivity contribution is -0.146. The topological polar surface area (TPSA) is 629 Å². The van der Waals surface area contributed by atoms with E-state index in [0.717, 1.165) is 9.80 Å². The molecule has 0 unspecified atom stereocenters. The van der Waals surface area contributed by atoms with Gasteiger partial charge in [0.15, 0.2) is 0 Å². The van der Waals surface area contributed by atoms with Crippen LogP contribution in [0.4, 0.5) is 0 Å². The number of aliphatic hydroxyl groups is 1. The van der Waals surface area contributed by atoms with E-state index in [1.807, 2.05) is 0 Å². The van der Waals surface area contributed by atoms with E-state index < -0.39 is 219 Å². The van der Waals surface area contributed by atoms with Gasteiger partial charge < -0.3 is 116 Å². The Morgan fingerprint density at radius 3 is 1.50 bits per heavy atom. The van der Waals surface area contributed by atoms with E-state index in [4.69, 9.17) is 22.9 Å². The first-order chi connectivity index (χ1) is 49.3. The number of unbranched alkanes of at least 4 members (excludes halogenated alkanes) is 2. The number of amides is 12. The number of aliphatic carboxylic acids is 4. The van der Waals surface area contributed by atoms with Gasteiger partial charge in [-0.05, 0) is 120 Å². The lowest BCUT2D eigenvalue weighted by Gasteiger charge is -2.31. The molecule has 570 valence electrons. The van der Waals surface area contributed by atoms with Crippen LogP contribution in [-0.4, -0.2) is 245 Å². The maximum Gasteiger partial charge on any atom is 0.305 e. The lowest BCUT2D eigenvalue weighted by atomic mass is 10.0. The van der Waals surface area contributed by atoms with Gasteiger partial charge in [0.2, 0.25) is 70.9 Å². The number of H-pyrrole nitrogens is 1. The Balaban J connectivity index is 1.40. The van der Waals surface area contributed by atoms with Crippen LogP contribution in [0.1, 0.15) is 121 Å². The number of carbonyl (C=O) groups excluding carboxylic acids is 12. The number of primary amides is 1. The summed E-state index contributed by atoms with van der Waals surface area (Å²) in [7, 11) is 0. The molecule has 24 N–H and O–H groups in total. The van der Waals surface area contributed by atoms with Crippen molar-refractivity contribution in [1.82, 2.24) is 62.6 Å². The fourth-order valence-electron chi connectivity index (χ4n) is 11.8. The van der Waals surface area contributed by atoms with Gasteiger partial charge in [-0.25, -0.2) is 0 Å². The van der Waals surface area contributed by atoms with Crippen LogP contribution >= 0.6 is 0 Å². The molecule has 3 heterocycles. The van der Waals surface area contributed by atoms with E-state index in [1.54, 1.807) is 30.5 Å². The number of benzene rings is 2. The number of nitrogens with zero attached hydrogens (tertiary/aromatic N) is 2.